The molecular weight excluding hydrogens is 320 g/mol. The molecule has 0 spiro atoms. The van der Waals surface area contributed by atoms with Gasteiger partial charge in [0, 0.05) is 16.1 Å². The molecule has 4 nitrogen and oxygen atoms in total. The first-order valence-corrected chi connectivity index (χ1v) is 6.58. The predicted molar refractivity (Wildman–Crippen MR) is 79.8 cm³/mol. The van der Waals surface area contributed by atoms with Crippen LogP contribution in [0.25, 0.3) is 0 Å². The number of carbonyl (C=O) groups is 1. The molecule has 0 aliphatic carbocycles. The molecule has 0 atom stereocenters. The number of nitrogens with one attached hydrogen (secondary N) is 1. The Labute approximate surface area is 125 Å². The lowest BCUT2D eigenvalue weighted by Gasteiger charge is -2.09. The van der Waals surface area contributed by atoms with Gasteiger partial charge in [-0.05, 0) is 46.3 Å². The SMILES string of the molecule is COc1ccc(Br)c(NC(=O)c2cccc(C#N)c2)c1. The lowest BCUT2D eigenvalue weighted by molar-refractivity contribution is 0.102. The monoisotopic (exact) mass is 330 g/mol. The third-order valence-electron chi connectivity index (χ3n) is 2.68. The van der Waals surface area contributed by atoms with Gasteiger partial charge in [-0.25, -0.2) is 0 Å². The van der Waals surface area contributed by atoms with Crippen LogP contribution in [0.15, 0.2) is 46.9 Å². The number of carbonyl (C=O) groups excluding carboxylic acids is 1. The van der Waals surface area contributed by atoms with E-state index in [0.717, 1.165) is 4.47 Å². The molecule has 5 heteroatoms. The third-order valence-corrected chi connectivity index (χ3v) is 3.37. The van der Waals surface area contributed by atoms with Crippen LogP contribution >= 0.6 is 15.9 Å². The van der Waals surface area contributed by atoms with Gasteiger partial charge in [-0.3, -0.25) is 4.79 Å². The molecule has 0 saturated carbocycles. The fourth-order valence-corrected chi connectivity index (χ4v) is 2.00. The van der Waals surface area contributed by atoms with Crippen molar-refractivity contribution in [3.63, 3.8) is 0 Å². The van der Waals surface area contributed by atoms with Crippen molar-refractivity contribution in [2.45, 2.75) is 0 Å². The zero-order valence-corrected chi connectivity index (χ0v) is 12.3. The Morgan fingerprint density at radius 2 is 2.10 bits per heavy atom. The topological polar surface area (TPSA) is 62.1 Å². The van der Waals surface area contributed by atoms with Crippen molar-refractivity contribution in [3.8, 4) is 11.8 Å². The van der Waals surface area contributed by atoms with Gasteiger partial charge in [0.05, 0.1) is 24.4 Å². The second-order valence-electron chi connectivity index (χ2n) is 3.99. The first-order valence-electron chi connectivity index (χ1n) is 5.79. The summed E-state index contributed by atoms with van der Waals surface area (Å²) in [4.78, 5) is 12.2. The van der Waals surface area contributed by atoms with Crippen LogP contribution in [-0.4, -0.2) is 13.0 Å². The Balaban J connectivity index is 2.25. The lowest BCUT2D eigenvalue weighted by Crippen LogP contribution is -2.12. The summed E-state index contributed by atoms with van der Waals surface area (Å²) in [6, 6.07) is 13.8. The Hall–Kier alpha value is -2.32. The van der Waals surface area contributed by atoms with Crippen molar-refractivity contribution in [3.05, 3.63) is 58.1 Å². The van der Waals surface area contributed by atoms with Gasteiger partial charge in [-0.2, -0.15) is 5.26 Å². The highest BCUT2D eigenvalue weighted by Crippen LogP contribution is 2.27. The van der Waals surface area contributed by atoms with Crippen LogP contribution in [0.5, 0.6) is 5.75 Å². The number of methoxy groups -OCH3 is 1. The van der Waals surface area contributed by atoms with Crippen molar-refractivity contribution < 1.29 is 9.53 Å². The van der Waals surface area contributed by atoms with Crippen LogP contribution in [0.4, 0.5) is 5.69 Å². The van der Waals surface area contributed by atoms with E-state index in [4.69, 9.17) is 10.00 Å². The normalized spacial score (nSPS) is 9.65. The number of nitriles is 1. The summed E-state index contributed by atoms with van der Waals surface area (Å²) < 4.78 is 5.87. The average Bonchev–Trinajstić information content (AvgIpc) is 2.49. The molecule has 0 aliphatic heterocycles. The van der Waals surface area contributed by atoms with Crippen molar-refractivity contribution in [2.24, 2.45) is 0 Å². The summed E-state index contributed by atoms with van der Waals surface area (Å²) in [5.74, 6) is 0.366. The Morgan fingerprint density at radius 1 is 1.30 bits per heavy atom. The van der Waals surface area contributed by atoms with Crippen LogP contribution in [0.3, 0.4) is 0 Å². The van der Waals surface area contributed by atoms with E-state index < -0.39 is 0 Å². The molecule has 2 rings (SSSR count). The summed E-state index contributed by atoms with van der Waals surface area (Å²) >= 11 is 3.37. The van der Waals surface area contributed by atoms with Crippen LogP contribution in [-0.2, 0) is 0 Å². The number of benzene rings is 2. The minimum Gasteiger partial charge on any atom is -0.497 e. The molecule has 0 saturated heterocycles. The number of hydrogen-bond donors (Lipinski definition) is 1. The number of anilines is 1. The zero-order chi connectivity index (χ0) is 14.5. The number of hydrogen-bond acceptors (Lipinski definition) is 3. The third kappa shape index (κ3) is 3.16. The Bertz CT molecular complexity index is 693. The predicted octanol–water partition coefficient (Wildman–Crippen LogP) is 3.58. The number of amides is 1. The molecule has 100 valence electrons. The highest BCUT2D eigenvalue weighted by Gasteiger charge is 2.09. The molecule has 1 amide bonds. The van der Waals surface area contributed by atoms with E-state index in [-0.39, 0.29) is 5.91 Å². The fraction of sp³-hybridized carbons (Fsp3) is 0.0667. The van der Waals surface area contributed by atoms with Crippen molar-refractivity contribution in [1.29, 1.82) is 5.26 Å². The van der Waals surface area contributed by atoms with Crippen LogP contribution < -0.4 is 10.1 Å². The molecule has 0 unspecified atom stereocenters. The molecule has 2 aromatic carbocycles. The molecule has 2 aromatic rings. The van der Waals surface area contributed by atoms with Gasteiger partial charge in [0.25, 0.3) is 5.91 Å². The summed E-state index contributed by atoms with van der Waals surface area (Å²) in [5.41, 5.74) is 1.48. The fourth-order valence-electron chi connectivity index (χ4n) is 1.65. The Kier molecular flexibility index (Phi) is 4.38. The van der Waals surface area contributed by atoms with E-state index in [1.165, 1.54) is 0 Å². The molecule has 1 N–H and O–H groups in total. The number of nitrogens with zero attached hydrogens (tertiary/aromatic N) is 1. The van der Waals surface area contributed by atoms with Gasteiger partial charge in [-0.15, -0.1) is 0 Å². The smallest absolute Gasteiger partial charge is 0.255 e. The summed E-state index contributed by atoms with van der Waals surface area (Å²) in [5, 5.41) is 11.6. The average molecular weight is 331 g/mol. The van der Waals surface area contributed by atoms with E-state index >= 15 is 0 Å². The van der Waals surface area contributed by atoms with E-state index in [1.807, 2.05) is 6.07 Å². The van der Waals surface area contributed by atoms with Crippen molar-refractivity contribution >= 4 is 27.5 Å². The van der Waals surface area contributed by atoms with Crippen LogP contribution in [0.1, 0.15) is 15.9 Å². The zero-order valence-electron chi connectivity index (χ0n) is 10.7. The Morgan fingerprint density at radius 3 is 2.80 bits per heavy atom. The standard InChI is InChI=1S/C15H11BrN2O2/c1-20-12-5-6-13(16)14(8-12)18-15(19)11-4-2-3-10(7-11)9-17/h2-8H,1H3,(H,18,19). The van der Waals surface area contributed by atoms with Gasteiger partial charge in [0.2, 0.25) is 0 Å². The largest absolute Gasteiger partial charge is 0.497 e. The first-order chi connectivity index (χ1) is 9.63. The molecule has 0 heterocycles. The van der Waals surface area contributed by atoms with Gasteiger partial charge < -0.3 is 10.1 Å². The molecule has 0 radical (unpaired) electrons. The van der Waals surface area contributed by atoms with E-state index in [2.05, 4.69) is 21.2 Å². The molecule has 0 fully saturated rings. The van der Waals surface area contributed by atoms with Gasteiger partial charge in [0.1, 0.15) is 5.75 Å². The summed E-state index contributed by atoms with van der Waals surface area (Å²) in [6.07, 6.45) is 0. The van der Waals surface area contributed by atoms with E-state index in [9.17, 15) is 4.79 Å². The quantitative estimate of drug-likeness (QED) is 0.935. The summed E-state index contributed by atoms with van der Waals surface area (Å²) in [7, 11) is 1.56. The molecule has 0 aliphatic rings. The number of ether oxygens (including phenoxy) is 1. The number of rotatable bonds is 3. The van der Waals surface area contributed by atoms with E-state index in [1.54, 1.807) is 49.6 Å². The lowest BCUT2D eigenvalue weighted by atomic mass is 10.1. The van der Waals surface area contributed by atoms with Gasteiger partial charge >= 0.3 is 0 Å². The van der Waals surface area contributed by atoms with Crippen molar-refractivity contribution in [1.82, 2.24) is 0 Å². The van der Waals surface area contributed by atoms with Gasteiger partial charge in [-0.1, -0.05) is 6.07 Å². The van der Waals surface area contributed by atoms with Crippen LogP contribution in [0.2, 0.25) is 0 Å². The highest BCUT2D eigenvalue weighted by atomic mass is 79.9. The molecular formula is C15H11BrN2O2. The second kappa shape index (κ2) is 6.22. The number of halogens is 1. The molecule has 0 bridgehead atoms. The van der Waals surface area contributed by atoms with Crippen LogP contribution in [0, 0.1) is 11.3 Å². The van der Waals surface area contributed by atoms with E-state index in [0.29, 0.717) is 22.6 Å². The highest BCUT2D eigenvalue weighted by molar-refractivity contribution is 9.10. The van der Waals surface area contributed by atoms with Gasteiger partial charge in [0.15, 0.2) is 0 Å². The minimum absolute atomic E-state index is 0.281. The maximum absolute atomic E-state index is 12.2. The molecule has 20 heavy (non-hydrogen) atoms. The molecule has 0 aromatic heterocycles. The maximum Gasteiger partial charge on any atom is 0.255 e. The summed E-state index contributed by atoms with van der Waals surface area (Å²) in [6.45, 7) is 0. The first kappa shape index (κ1) is 14.1. The minimum atomic E-state index is -0.281. The van der Waals surface area contributed by atoms with Crippen molar-refractivity contribution in [2.75, 3.05) is 12.4 Å². The second-order valence-corrected chi connectivity index (χ2v) is 4.85. The maximum atomic E-state index is 12.2.